The molecule has 0 unspecified atom stereocenters. The van der Waals surface area contributed by atoms with E-state index in [-0.39, 0.29) is 11.8 Å². The molecule has 31 heavy (non-hydrogen) atoms. The zero-order valence-electron chi connectivity index (χ0n) is 18.0. The summed E-state index contributed by atoms with van der Waals surface area (Å²) in [5.41, 5.74) is 0.252. The topological polar surface area (TPSA) is 67.7 Å². The van der Waals surface area contributed by atoms with Gasteiger partial charge in [-0.2, -0.15) is 0 Å². The Morgan fingerprint density at radius 1 is 1.13 bits per heavy atom. The lowest BCUT2D eigenvalue weighted by molar-refractivity contribution is -0.584. The van der Waals surface area contributed by atoms with Crippen LogP contribution in [-0.2, 0) is 28.8 Å². The Morgan fingerprint density at radius 3 is 2.71 bits per heavy atom. The summed E-state index contributed by atoms with van der Waals surface area (Å²) in [4.78, 5) is 18.5. The van der Waals surface area contributed by atoms with Gasteiger partial charge >= 0.3 is 0 Å². The molecule has 0 N–H and O–H groups in total. The highest BCUT2D eigenvalue weighted by molar-refractivity contribution is 6.30. The van der Waals surface area contributed by atoms with Gasteiger partial charge in [-0.15, -0.1) is 0 Å². The summed E-state index contributed by atoms with van der Waals surface area (Å²) in [5.74, 6) is -0.175. The lowest BCUT2D eigenvalue weighted by Gasteiger charge is -2.62. The molecule has 1 saturated carbocycles. The van der Waals surface area contributed by atoms with Crippen molar-refractivity contribution >= 4 is 17.3 Å². The van der Waals surface area contributed by atoms with Crippen molar-refractivity contribution < 1.29 is 28.8 Å². The zero-order chi connectivity index (χ0) is 21.4. The van der Waals surface area contributed by atoms with Gasteiger partial charge in [0.15, 0.2) is 17.5 Å². The first-order chi connectivity index (χ1) is 14.9. The fraction of sp³-hybridized carbons (Fsp3) is 0.696. The molecule has 5 aliphatic heterocycles. The van der Waals surface area contributed by atoms with Crippen molar-refractivity contribution in [1.29, 1.82) is 0 Å². The largest absolute Gasteiger partial charge is 0.383 e. The van der Waals surface area contributed by atoms with Gasteiger partial charge in [-0.25, -0.2) is 9.78 Å². The van der Waals surface area contributed by atoms with Crippen molar-refractivity contribution in [3.05, 3.63) is 34.9 Å². The predicted octanol–water partition coefficient (Wildman–Crippen LogP) is 4.42. The summed E-state index contributed by atoms with van der Waals surface area (Å²) in [7, 11) is 1.64. The van der Waals surface area contributed by atoms with Crippen LogP contribution in [-0.4, -0.2) is 42.4 Å². The van der Waals surface area contributed by atoms with Crippen LogP contribution in [0, 0.1) is 17.8 Å². The monoisotopic (exact) mass is 449 g/mol. The fourth-order valence-electron chi connectivity index (χ4n) is 6.57. The third kappa shape index (κ3) is 2.74. The summed E-state index contributed by atoms with van der Waals surface area (Å²) in [5, 5.41) is 5.19. The van der Waals surface area contributed by atoms with Crippen molar-refractivity contribution in [3.8, 4) is 0 Å². The van der Waals surface area contributed by atoms with Crippen molar-refractivity contribution in [2.24, 2.45) is 22.9 Å². The van der Waals surface area contributed by atoms with E-state index in [1.165, 1.54) is 0 Å². The molecule has 7 nitrogen and oxygen atoms in total. The molecule has 5 heterocycles. The van der Waals surface area contributed by atoms with E-state index in [4.69, 9.17) is 40.4 Å². The van der Waals surface area contributed by atoms with Crippen LogP contribution in [0.15, 0.2) is 29.4 Å². The maximum atomic E-state index is 6.47. The minimum absolute atomic E-state index is 0.0545. The SMILES string of the molecule is CO[C@@H]1O[C@@H]2O[C@@]3(C)CC[C@H]4[C@H](C)CC[C@@H]([C@]15CC(c1ccc(Cl)cc1)=NO5)[C@@]24OO3. The molecule has 8 atom stereocenters. The van der Waals surface area contributed by atoms with E-state index < -0.39 is 29.6 Å². The maximum Gasteiger partial charge on any atom is 0.203 e. The van der Waals surface area contributed by atoms with Gasteiger partial charge in [0.25, 0.3) is 0 Å². The normalized spacial score (nSPS) is 48.1. The van der Waals surface area contributed by atoms with E-state index in [1.807, 2.05) is 31.2 Å². The minimum Gasteiger partial charge on any atom is -0.383 e. The second-order valence-electron chi connectivity index (χ2n) is 9.83. The smallest absolute Gasteiger partial charge is 0.203 e. The van der Waals surface area contributed by atoms with E-state index in [9.17, 15) is 0 Å². The Balaban J connectivity index is 1.42. The van der Waals surface area contributed by atoms with Gasteiger partial charge in [0.2, 0.25) is 12.1 Å². The Bertz CT molecular complexity index is 910. The molecular formula is C23H28ClNO6. The number of benzene rings is 1. The molecule has 0 aromatic heterocycles. The molecule has 2 bridgehead atoms. The molecule has 1 aromatic rings. The molecule has 2 spiro atoms. The van der Waals surface area contributed by atoms with Gasteiger partial charge in [-0.3, -0.25) is 0 Å². The van der Waals surface area contributed by atoms with Gasteiger partial charge in [-0.05, 0) is 55.7 Å². The van der Waals surface area contributed by atoms with Crippen LogP contribution in [0.4, 0.5) is 0 Å². The van der Waals surface area contributed by atoms with Gasteiger partial charge in [0.05, 0.1) is 5.71 Å². The Morgan fingerprint density at radius 2 is 1.94 bits per heavy atom. The van der Waals surface area contributed by atoms with Crippen LogP contribution < -0.4 is 0 Å². The molecule has 4 saturated heterocycles. The highest BCUT2D eigenvalue weighted by Gasteiger charge is 2.76. The lowest BCUT2D eigenvalue weighted by atomic mass is 9.56. The molecular weight excluding hydrogens is 422 g/mol. The molecule has 8 heteroatoms. The molecule has 1 aromatic carbocycles. The molecule has 1 aliphatic carbocycles. The number of fused-ring (bicyclic) bond motifs is 3. The molecule has 7 rings (SSSR count). The molecule has 168 valence electrons. The molecule has 0 radical (unpaired) electrons. The second kappa shape index (κ2) is 6.89. The van der Waals surface area contributed by atoms with Gasteiger partial charge in [0.1, 0.15) is 0 Å². The average Bonchev–Trinajstić information content (AvgIpc) is 3.07. The summed E-state index contributed by atoms with van der Waals surface area (Å²) in [6.07, 6.45) is 3.01. The van der Waals surface area contributed by atoms with E-state index in [0.29, 0.717) is 17.4 Å². The quantitative estimate of drug-likeness (QED) is 0.622. The van der Waals surface area contributed by atoms with Crippen molar-refractivity contribution in [2.75, 3.05) is 7.11 Å². The van der Waals surface area contributed by atoms with Gasteiger partial charge in [-0.1, -0.05) is 35.8 Å². The first kappa shape index (κ1) is 20.4. The van der Waals surface area contributed by atoms with Crippen LogP contribution >= 0.6 is 11.6 Å². The number of hydrogen-bond donors (Lipinski definition) is 0. The summed E-state index contributed by atoms with van der Waals surface area (Å²) >= 11 is 6.08. The summed E-state index contributed by atoms with van der Waals surface area (Å²) in [6.45, 7) is 4.21. The fourth-order valence-corrected chi connectivity index (χ4v) is 6.69. The Kier molecular flexibility index (Phi) is 4.53. The summed E-state index contributed by atoms with van der Waals surface area (Å²) < 4.78 is 18.7. The maximum absolute atomic E-state index is 6.47. The Hall–Kier alpha value is -1.22. The summed E-state index contributed by atoms with van der Waals surface area (Å²) in [6, 6.07) is 7.64. The van der Waals surface area contributed by atoms with Crippen molar-refractivity contribution in [3.63, 3.8) is 0 Å². The van der Waals surface area contributed by atoms with E-state index >= 15 is 0 Å². The van der Waals surface area contributed by atoms with Crippen LogP contribution in [0.1, 0.15) is 51.5 Å². The number of halogens is 1. The third-order valence-electron chi connectivity index (χ3n) is 8.12. The van der Waals surface area contributed by atoms with Crippen LogP contribution in [0.25, 0.3) is 0 Å². The molecule has 0 amide bonds. The predicted molar refractivity (Wildman–Crippen MR) is 111 cm³/mol. The Labute approximate surface area is 186 Å². The highest BCUT2D eigenvalue weighted by Crippen LogP contribution is 2.63. The van der Waals surface area contributed by atoms with Crippen molar-refractivity contribution in [1.82, 2.24) is 0 Å². The first-order valence-electron chi connectivity index (χ1n) is 11.1. The first-order valence-corrected chi connectivity index (χ1v) is 11.5. The number of methoxy groups -OCH3 is 1. The number of ether oxygens (including phenoxy) is 3. The van der Waals surface area contributed by atoms with Crippen LogP contribution in [0.5, 0.6) is 0 Å². The van der Waals surface area contributed by atoms with E-state index in [1.54, 1.807) is 7.11 Å². The third-order valence-corrected chi connectivity index (χ3v) is 8.37. The highest BCUT2D eigenvalue weighted by atomic mass is 35.5. The number of hydrogen-bond acceptors (Lipinski definition) is 7. The zero-order valence-corrected chi connectivity index (χ0v) is 18.8. The number of oxime groups is 1. The standard InChI is InChI=1S/C23H28ClNO6/c1-13-4-9-18-22(12-17(25-29-22)14-5-7-15(24)8-6-14)19(26-3)27-20-23(18)16(13)10-11-21(2,28-20)30-31-23/h5-8,13,16,18-20H,4,9-12H2,1-3H3/t13-,16+,18+,19-,20-,21-,22-,23-/m1/s1. The number of rotatable bonds is 2. The van der Waals surface area contributed by atoms with E-state index in [0.717, 1.165) is 37.0 Å². The van der Waals surface area contributed by atoms with Gasteiger partial charge < -0.3 is 19.0 Å². The number of nitrogens with zero attached hydrogens (tertiary/aromatic N) is 1. The lowest BCUT2D eigenvalue weighted by Crippen LogP contribution is -2.76. The average molecular weight is 450 g/mol. The van der Waals surface area contributed by atoms with Gasteiger partial charge in [0, 0.05) is 30.9 Å². The van der Waals surface area contributed by atoms with Crippen molar-refractivity contribution in [2.45, 2.75) is 75.5 Å². The minimum atomic E-state index is -0.818. The molecule has 5 fully saturated rings. The van der Waals surface area contributed by atoms with Crippen LogP contribution in [0.3, 0.4) is 0 Å². The van der Waals surface area contributed by atoms with E-state index in [2.05, 4.69) is 12.1 Å². The second-order valence-corrected chi connectivity index (χ2v) is 10.3. The van der Waals surface area contributed by atoms with Crippen LogP contribution in [0.2, 0.25) is 5.02 Å². The molecule has 6 aliphatic rings.